The van der Waals surface area contributed by atoms with Crippen LogP contribution < -0.4 is 0 Å². The first kappa shape index (κ1) is 8.62. The summed E-state index contributed by atoms with van der Waals surface area (Å²) in [7, 11) is 0. The fraction of sp³-hybridized carbons (Fsp3) is 0.800. The maximum absolute atomic E-state index is 5.39. The van der Waals surface area contributed by atoms with Gasteiger partial charge in [-0.15, -0.1) is 12.3 Å². The van der Waals surface area contributed by atoms with E-state index >= 15 is 0 Å². The van der Waals surface area contributed by atoms with Gasteiger partial charge in [-0.1, -0.05) is 0 Å². The summed E-state index contributed by atoms with van der Waals surface area (Å²) in [5.41, 5.74) is 0. The van der Waals surface area contributed by atoms with Gasteiger partial charge in [0.25, 0.3) is 0 Å². The zero-order chi connectivity index (χ0) is 8.27. The third kappa shape index (κ3) is 2.24. The van der Waals surface area contributed by atoms with Gasteiger partial charge in [0.15, 0.2) is 0 Å². The number of rotatable bonds is 1. The van der Waals surface area contributed by atoms with Gasteiger partial charge in [-0.2, -0.15) is 0 Å². The topological polar surface area (TPSA) is 3.24 Å². The molecule has 1 heteroatoms. The molecule has 1 nitrogen and oxygen atoms in total. The van der Waals surface area contributed by atoms with Crippen LogP contribution in [0.4, 0.5) is 0 Å². The Morgan fingerprint density at radius 1 is 1.55 bits per heavy atom. The van der Waals surface area contributed by atoms with E-state index in [1.165, 1.54) is 19.4 Å². The van der Waals surface area contributed by atoms with Crippen molar-refractivity contribution in [2.24, 2.45) is 5.92 Å². The fourth-order valence-electron chi connectivity index (χ4n) is 1.61. The number of piperidine rings is 1. The van der Waals surface area contributed by atoms with Crippen molar-refractivity contribution in [3.63, 3.8) is 0 Å². The molecule has 1 saturated heterocycles. The predicted octanol–water partition coefficient (Wildman–Crippen LogP) is 1.74. The number of hydrogen-bond acceptors (Lipinski definition) is 1. The normalized spacial score (nSPS) is 26.9. The van der Waals surface area contributed by atoms with Crippen LogP contribution in [-0.2, 0) is 0 Å². The molecule has 1 aliphatic rings. The van der Waals surface area contributed by atoms with Crippen molar-refractivity contribution in [2.45, 2.75) is 32.7 Å². The second-order valence-corrected chi connectivity index (χ2v) is 3.59. The van der Waals surface area contributed by atoms with Crippen molar-refractivity contribution in [3.05, 3.63) is 0 Å². The molecular weight excluding hydrogens is 134 g/mol. The van der Waals surface area contributed by atoms with Gasteiger partial charge in [0.1, 0.15) is 0 Å². The fourth-order valence-corrected chi connectivity index (χ4v) is 1.61. The molecule has 1 unspecified atom stereocenters. The maximum Gasteiger partial charge on any atom is 0.0328 e. The molecule has 0 aromatic heterocycles. The molecule has 0 radical (unpaired) electrons. The third-order valence-corrected chi connectivity index (χ3v) is 2.42. The van der Waals surface area contributed by atoms with E-state index in [9.17, 15) is 0 Å². The maximum atomic E-state index is 5.39. The van der Waals surface area contributed by atoms with Crippen LogP contribution >= 0.6 is 0 Å². The van der Waals surface area contributed by atoms with Crippen LogP contribution in [0.5, 0.6) is 0 Å². The Balaban J connectivity index is 2.41. The van der Waals surface area contributed by atoms with Crippen LogP contribution in [0.3, 0.4) is 0 Å². The molecule has 1 atom stereocenters. The van der Waals surface area contributed by atoms with Crippen molar-refractivity contribution in [2.75, 3.05) is 13.1 Å². The quantitative estimate of drug-likeness (QED) is 0.516. The van der Waals surface area contributed by atoms with Crippen LogP contribution in [-0.4, -0.2) is 24.0 Å². The molecule has 62 valence electrons. The van der Waals surface area contributed by atoms with E-state index in [1.54, 1.807) is 0 Å². The SMILES string of the molecule is C#CC1CCCN(C(C)C)C1. The molecule has 1 aliphatic heterocycles. The number of nitrogens with zero attached hydrogens (tertiary/aromatic N) is 1. The first-order valence-corrected chi connectivity index (χ1v) is 4.44. The summed E-state index contributed by atoms with van der Waals surface area (Å²) in [6.45, 7) is 6.81. The third-order valence-electron chi connectivity index (χ3n) is 2.42. The van der Waals surface area contributed by atoms with E-state index in [0.29, 0.717) is 12.0 Å². The van der Waals surface area contributed by atoms with Gasteiger partial charge in [-0.05, 0) is 33.2 Å². The Kier molecular flexibility index (Phi) is 2.96. The molecule has 0 N–H and O–H groups in total. The standard InChI is InChI=1S/C10H17N/c1-4-10-6-5-7-11(8-10)9(2)3/h1,9-10H,5-8H2,2-3H3. The molecule has 0 spiro atoms. The van der Waals surface area contributed by atoms with Gasteiger partial charge >= 0.3 is 0 Å². The van der Waals surface area contributed by atoms with Crippen molar-refractivity contribution in [1.29, 1.82) is 0 Å². The molecule has 1 rings (SSSR count). The lowest BCUT2D eigenvalue weighted by atomic mass is 9.98. The lowest BCUT2D eigenvalue weighted by Gasteiger charge is -2.33. The van der Waals surface area contributed by atoms with Crippen LogP contribution in [0.25, 0.3) is 0 Å². The summed E-state index contributed by atoms with van der Waals surface area (Å²) in [5.74, 6) is 3.35. The highest BCUT2D eigenvalue weighted by Gasteiger charge is 2.19. The Morgan fingerprint density at radius 2 is 2.27 bits per heavy atom. The molecule has 0 aromatic rings. The summed E-state index contributed by atoms with van der Waals surface area (Å²) in [6.07, 6.45) is 7.88. The molecule has 1 fully saturated rings. The van der Waals surface area contributed by atoms with Crippen LogP contribution in [0, 0.1) is 18.3 Å². The number of likely N-dealkylation sites (tertiary alicyclic amines) is 1. The minimum Gasteiger partial charge on any atom is -0.300 e. The van der Waals surface area contributed by atoms with E-state index in [4.69, 9.17) is 6.42 Å². The van der Waals surface area contributed by atoms with Gasteiger partial charge < -0.3 is 0 Å². The van der Waals surface area contributed by atoms with E-state index in [1.807, 2.05) is 0 Å². The van der Waals surface area contributed by atoms with Crippen molar-refractivity contribution < 1.29 is 0 Å². The monoisotopic (exact) mass is 151 g/mol. The molecular formula is C10H17N. The van der Waals surface area contributed by atoms with Gasteiger partial charge in [-0.3, -0.25) is 4.90 Å². The molecule has 0 bridgehead atoms. The second kappa shape index (κ2) is 3.78. The predicted molar refractivity (Wildman–Crippen MR) is 48.3 cm³/mol. The van der Waals surface area contributed by atoms with E-state index in [-0.39, 0.29) is 0 Å². The van der Waals surface area contributed by atoms with Gasteiger partial charge in [-0.25, -0.2) is 0 Å². The highest BCUT2D eigenvalue weighted by atomic mass is 15.1. The van der Waals surface area contributed by atoms with Crippen LogP contribution in [0.1, 0.15) is 26.7 Å². The zero-order valence-electron chi connectivity index (χ0n) is 7.51. The molecule has 0 amide bonds. The number of terminal acetylenes is 1. The average molecular weight is 151 g/mol. The van der Waals surface area contributed by atoms with E-state index in [2.05, 4.69) is 24.7 Å². The first-order chi connectivity index (χ1) is 5.24. The minimum atomic E-state index is 0.506. The van der Waals surface area contributed by atoms with E-state index < -0.39 is 0 Å². The number of hydrogen-bond donors (Lipinski definition) is 0. The summed E-state index contributed by atoms with van der Waals surface area (Å²) in [5, 5.41) is 0. The molecule has 0 saturated carbocycles. The molecule has 11 heavy (non-hydrogen) atoms. The Bertz CT molecular complexity index is 155. The molecule has 0 aliphatic carbocycles. The van der Waals surface area contributed by atoms with Crippen molar-refractivity contribution in [1.82, 2.24) is 4.90 Å². The van der Waals surface area contributed by atoms with Gasteiger partial charge in [0.2, 0.25) is 0 Å². The lowest BCUT2D eigenvalue weighted by Crippen LogP contribution is -2.39. The summed E-state index contributed by atoms with van der Waals surface area (Å²) < 4.78 is 0. The summed E-state index contributed by atoms with van der Waals surface area (Å²) >= 11 is 0. The molecule has 0 aromatic carbocycles. The minimum absolute atomic E-state index is 0.506. The van der Waals surface area contributed by atoms with Crippen LogP contribution in [0.15, 0.2) is 0 Å². The van der Waals surface area contributed by atoms with Crippen molar-refractivity contribution in [3.8, 4) is 12.3 Å². The summed E-state index contributed by atoms with van der Waals surface area (Å²) in [6, 6.07) is 0.658. The highest BCUT2D eigenvalue weighted by Crippen LogP contribution is 2.16. The van der Waals surface area contributed by atoms with E-state index in [0.717, 1.165) is 6.54 Å². The zero-order valence-corrected chi connectivity index (χ0v) is 7.51. The Morgan fingerprint density at radius 3 is 2.82 bits per heavy atom. The van der Waals surface area contributed by atoms with Crippen molar-refractivity contribution >= 4 is 0 Å². The average Bonchev–Trinajstić information content (AvgIpc) is 2.05. The first-order valence-electron chi connectivity index (χ1n) is 4.44. The highest BCUT2D eigenvalue weighted by molar-refractivity contribution is 4.96. The lowest BCUT2D eigenvalue weighted by molar-refractivity contribution is 0.161. The second-order valence-electron chi connectivity index (χ2n) is 3.59. The van der Waals surface area contributed by atoms with Gasteiger partial charge in [0.05, 0.1) is 0 Å². The van der Waals surface area contributed by atoms with Gasteiger partial charge in [0, 0.05) is 18.5 Å². The largest absolute Gasteiger partial charge is 0.300 e. The smallest absolute Gasteiger partial charge is 0.0328 e. The summed E-state index contributed by atoms with van der Waals surface area (Å²) in [4.78, 5) is 2.47. The molecule has 1 heterocycles. The van der Waals surface area contributed by atoms with Crippen LogP contribution in [0.2, 0.25) is 0 Å². The Hall–Kier alpha value is -0.480. The Labute approximate surface area is 69.8 Å².